The molecule has 11 heteroatoms. The third-order valence-corrected chi connectivity index (χ3v) is 6.93. The average Bonchev–Trinajstić information content (AvgIpc) is 3.12. The number of aryl methyl sites for hydroxylation is 2. The van der Waals surface area contributed by atoms with Crippen molar-refractivity contribution in [2.45, 2.75) is 18.7 Å². The Morgan fingerprint density at radius 2 is 1.76 bits per heavy atom. The molecule has 0 spiro atoms. The van der Waals surface area contributed by atoms with E-state index in [2.05, 4.69) is 10.4 Å². The van der Waals surface area contributed by atoms with Crippen LogP contribution in [0.15, 0.2) is 53.4 Å². The molecule has 0 atom stereocenters. The molecule has 3 rings (SSSR count). The summed E-state index contributed by atoms with van der Waals surface area (Å²) in [6, 6.07) is 13.0. The van der Waals surface area contributed by atoms with Crippen LogP contribution in [-0.4, -0.2) is 55.1 Å². The minimum absolute atomic E-state index is 0.0299. The first-order valence-corrected chi connectivity index (χ1v) is 11.6. The van der Waals surface area contributed by atoms with Gasteiger partial charge in [0.2, 0.25) is 10.0 Å². The lowest BCUT2D eigenvalue weighted by Gasteiger charge is -2.13. The number of hydrogen-bond acceptors (Lipinski definition) is 6. The largest absolute Gasteiger partial charge is 0.452 e. The molecule has 1 aromatic heterocycles. The van der Waals surface area contributed by atoms with Gasteiger partial charge in [-0.3, -0.25) is 4.79 Å². The second kappa shape index (κ2) is 9.74. The Kier molecular flexibility index (Phi) is 7.21. The number of anilines is 1. The van der Waals surface area contributed by atoms with E-state index < -0.39 is 28.5 Å². The molecular formula is C22H23ClN4O5S. The van der Waals surface area contributed by atoms with Gasteiger partial charge in [-0.15, -0.1) is 0 Å². The average molecular weight is 491 g/mol. The highest BCUT2D eigenvalue weighted by molar-refractivity contribution is 7.89. The minimum atomic E-state index is -3.86. The van der Waals surface area contributed by atoms with Gasteiger partial charge < -0.3 is 10.1 Å². The number of esters is 1. The second-order valence-corrected chi connectivity index (χ2v) is 10.0. The predicted octanol–water partition coefficient (Wildman–Crippen LogP) is 3.19. The number of carbonyl (C=O) groups is 2. The molecule has 0 bridgehead atoms. The number of aromatic nitrogens is 2. The number of amides is 1. The van der Waals surface area contributed by atoms with Gasteiger partial charge in [0.25, 0.3) is 5.91 Å². The minimum Gasteiger partial charge on any atom is -0.452 e. The van der Waals surface area contributed by atoms with E-state index in [1.54, 1.807) is 17.7 Å². The number of rotatable bonds is 7. The summed E-state index contributed by atoms with van der Waals surface area (Å²) in [4.78, 5) is 24.6. The Balaban J connectivity index is 1.70. The van der Waals surface area contributed by atoms with Crippen molar-refractivity contribution in [3.63, 3.8) is 0 Å². The van der Waals surface area contributed by atoms with Crippen molar-refractivity contribution >= 4 is 39.3 Å². The summed E-state index contributed by atoms with van der Waals surface area (Å²) in [5.41, 5.74) is 2.49. The molecule has 33 heavy (non-hydrogen) atoms. The molecule has 2 aromatic carbocycles. The highest BCUT2D eigenvalue weighted by Crippen LogP contribution is 2.25. The highest BCUT2D eigenvalue weighted by atomic mass is 35.5. The van der Waals surface area contributed by atoms with Gasteiger partial charge in [-0.05, 0) is 44.2 Å². The summed E-state index contributed by atoms with van der Waals surface area (Å²) in [5, 5.41) is 7.02. The molecule has 174 valence electrons. The summed E-state index contributed by atoms with van der Waals surface area (Å²) in [5.74, 6) is -1.02. The molecule has 0 aliphatic carbocycles. The van der Waals surface area contributed by atoms with Gasteiger partial charge >= 0.3 is 5.97 Å². The van der Waals surface area contributed by atoms with Crippen LogP contribution in [0.1, 0.15) is 21.6 Å². The molecule has 1 heterocycles. The zero-order valence-electron chi connectivity index (χ0n) is 18.5. The van der Waals surface area contributed by atoms with Crippen LogP contribution < -0.4 is 5.32 Å². The fourth-order valence-corrected chi connectivity index (χ4v) is 4.28. The summed E-state index contributed by atoms with van der Waals surface area (Å²) >= 11 is 5.99. The van der Waals surface area contributed by atoms with E-state index in [0.29, 0.717) is 11.5 Å². The SMILES string of the molecule is Cc1ccc(-n2nc(C)cc2NC(=O)COC(=O)c2ccc(Cl)c(S(=O)(=O)N(C)C)c2)cc1. The maximum Gasteiger partial charge on any atom is 0.338 e. The molecule has 0 fully saturated rings. The van der Waals surface area contributed by atoms with Crippen LogP contribution in [0.3, 0.4) is 0 Å². The van der Waals surface area contributed by atoms with Crippen molar-refractivity contribution < 1.29 is 22.7 Å². The number of hydrogen-bond donors (Lipinski definition) is 1. The number of carbonyl (C=O) groups excluding carboxylic acids is 2. The molecule has 3 aromatic rings. The summed E-state index contributed by atoms with van der Waals surface area (Å²) in [6.45, 7) is 3.18. The maximum atomic E-state index is 12.4. The quantitative estimate of drug-likeness (QED) is 0.509. The Hall–Kier alpha value is -3.21. The smallest absolute Gasteiger partial charge is 0.338 e. The molecule has 0 aliphatic heterocycles. The van der Waals surface area contributed by atoms with Gasteiger partial charge in [0.15, 0.2) is 6.61 Å². The first-order chi connectivity index (χ1) is 15.5. The van der Waals surface area contributed by atoms with E-state index in [1.807, 2.05) is 31.2 Å². The van der Waals surface area contributed by atoms with Crippen LogP contribution in [0.25, 0.3) is 5.69 Å². The zero-order valence-corrected chi connectivity index (χ0v) is 20.1. The topological polar surface area (TPSA) is 111 Å². The van der Waals surface area contributed by atoms with Crippen LogP contribution in [0.5, 0.6) is 0 Å². The Labute approximate surface area is 197 Å². The first-order valence-electron chi connectivity index (χ1n) is 9.82. The van der Waals surface area contributed by atoms with Crippen molar-refractivity contribution in [1.29, 1.82) is 0 Å². The van der Waals surface area contributed by atoms with E-state index in [4.69, 9.17) is 16.3 Å². The van der Waals surface area contributed by atoms with E-state index in [0.717, 1.165) is 21.6 Å². The van der Waals surface area contributed by atoms with Gasteiger partial charge in [-0.25, -0.2) is 22.2 Å². The second-order valence-electron chi connectivity index (χ2n) is 7.48. The summed E-state index contributed by atoms with van der Waals surface area (Å²) in [6.07, 6.45) is 0. The van der Waals surface area contributed by atoms with Gasteiger partial charge in [-0.2, -0.15) is 5.10 Å². The molecule has 0 saturated carbocycles. The standard InChI is InChI=1S/C22H23ClN4O5S/c1-14-5-8-17(9-6-14)27-20(11-15(2)25-27)24-21(28)13-32-22(29)16-7-10-18(23)19(12-16)33(30,31)26(3)4/h5-12H,13H2,1-4H3,(H,24,28). The number of nitrogens with one attached hydrogen (secondary N) is 1. The Morgan fingerprint density at radius 1 is 1.09 bits per heavy atom. The van der Waals surface area contributed by atoms with Crippen LogP contribution >= 0.6 is 11.6 Å². The molecule has 0 unspecified atom stereocenters. The monoisotopic (exact) mass is 490 g/mol. The van der Waals surface area contributed by atoms with Crippen LogP contribution in [-0.2, 0) is 19.6 Å². The van der Waals surface area contributed by atoms with Crippen molar-refractivity contribution in [3.8, 4) is 5.69 Å². The van der Waals surface area contributed by atoms with E-state index >= 15 is 0 Å². The van der Waals surface area contributed by atoms with E-state index in [9.17, 15) is 18.0 Å². The van der Waals surface area contributed by atoms with Crippen molar-refractivity contribution in [1.82, 2.24) is 14.1 Å². The number of sulfonamides is 1. The molecule has 0 saturated heterocycles. The lowest BCUT2D eigenvalue weighted by Crippen LogP contribution is -2.24. The summed E-state index contributed by atoms with van der Waals surface area (Å²) < 4.78 is 32.4. The third-order valence-electron chi connectivity index (χ3n) is 4.64. The number of halogens is 1. The van der Waals surface area contributed by atoms with Crippen molar-refractivity contribution in [2.75, 3.05) is 26.0 Å². The Bertz CT molecular complexity index is 1300. The van der Waals surface area contributed by atoms with Gasteiger partial charge in [0.1, 0.15) is 10.7 Å². The third kappa shape index (κ3) is 5.59. The van der Waals surface area contributed by atoms with Crippen LogP contribution in [0, 0.1) is 13.8 Å². The lowest BCUT2D eigenvalue weighted by atomic mass is 10.2. The molecule has 0 radical (unpaired) electrons. The first kappa shape index (κ1) is 24.4. The van der Waals surface area contributed by atoms with Crippen LogP contribution in [0.4, 0.5) is 5.82 Å². The zero-order chi connectivity index (χ0) is 24.3. The summed E-state index contributed by atoms with van der Waals surface area (Å²) in [7, 11) is -1.16. The maximum absolute atomic E-state index is 12.4. The molecular weight excluding hydrogens is 468 g/mol. The predicted molar refractivity (Wildman–Crippen MR) is 124 cm³/mol. The van der Waals surface area contributed by atoms with Gasteiger partial charge in [0.05, 0.1) is 22.0 Å². The lowest BCUT2D eigenvalue weighted by molar-refractivity contribution is -0.119. The van der Waals surface area contributed by atoms with Gasteiger partial charge in [-0.1, -0.05) is 29.3 Å². The molecule has 9 nitrogen and oxygen atoms in total. The van der Waals surface area contributed by atoms with Crippen LogP contribution in [0.2, 0.25) is 5.02 Å². The van der Waals surface area contributed by atoms with Crippen molar-refractivity contribution in [2.24, 2.45) is 0 Å². The normalized spacial score (nSPS) is 11.5. The van der Waals surface area contributed by atoms with Crippen molar-refractivity contribution in [3.05, 3.63) is 70.4 Å². The number of ether oxygens (including phenoxy) is 1. The number of benzene rings is 2. The van der Waals surface area contributed by atoms with E-state index in [1.165, 1.54) is 26.2 Å². The molecule has 0 aliphatic rings. The molecule has 1 amide bonds. The van der Waals surface area contributed by atoms with E-state index in [-0.39, 0.29) is 15.5 Å². The number of nitrogens with zero attached hydrogens (tertiary/aromatic N) is 3. The Morgan fingerprint density at radius 3 is 2.39 bits per heavy atom. The fourth-order valence-electron chi connectivity index (χ4n) is 2.89. The fraction of sp³-hybridized carbons (Fsp3) is 0.227. The highest BCUT2D eigenvalue weighted by Gasteiger charge is 2.23. The molecule has 1 N–H and O–H groups in total. The van der Waals surface area contributed by atoms with Gasteiger partial charge in [0, 0.05) is 20.2 Å².